The number of amides is 3. The van der Waals surface area contributed by atoms with Crippen molar-refractivity contribution in [2.24, 2.45) is 5.92 Å². The van der Waals surface area contributed by atoms with E-state index < -0.39 is 47.6 Å². The molecule has 0 atom stereocenters. The minimum absolute atomic E-state index is 0.00604. The van der Waals surface area contributed by atoms with Crippen LogP contribution in [0, 0.1) is 19.8 Å². The number of halogens is 6. The highest BCUT2D eigenvalue weighted by atomic mass is 19.4. The molecule has 0 saturated carbocycles. The Hall–Kier alpha value is -4.03. The predicted molar refractivity (Wildman–Crippen MR) is 152 cm³/mol. The summed E-state index contributed by atoms with van der Waals surface area (Å²) in [5.74, 6) is -0.485. The van der Waals surface area contributed by atoms with Gasteiger partial charge >= 0.3 is 18.4 Å². The summed E-state index contributed by atoms with van der Waals surface area (Å²) in [6.07, 6.45) is -10.2. The van der Waals surface area contributed by atoms with Gasteiger partial charge in [-0.3, -0.25) is 4.79 Å². The second-order valence-electron chi connectivity index (χ2n) is 11.9. The zero-order valence-electron chi connectivity index (χ0n) is 25.0. The van der Waals surface area contributed by atoms with Gasteiger partial charge in [0.2, 0.25) is 5.91 Å². The third-order valence-corrected chi connectivity index (χ3v) is 6.37. The van der Waals surface area contributed by atoms with Crippen LogP contribution >= 0.6 is 0 Å². The van der Waals surface area contributed by atoms with Gasteiger partial charge in [-0.2, -0.15) is 31.4 Å². The van der Waals surface area contributed by atoms with Crippen LogP contribution in [0.1, 0.15) is 62.6 Å². The zero-order valence-corrected chi connectivity index (χ0v) is 25.0. The highest BCUT2D eigenvalue weighted by molar-refractivity contribution is 5.97. The number of benzene rings is 2. The van der Waals surface area contributed by atoms with Crippen LogP contribution in [0.4, 0.5) is 42.6 Å². The molecule has 2 aromatic carbocycles. The fourth-order valence-electron chi connectivity index (χ4n) is 4.31. The average Bonchev–Trinajstić information content (AvgIpc) is 3.26. The number of rotatable bonds is 7. The molecular formula is C30H35F6N5O2. The van der Waals surface area contributed by atoms with Crippen LogP contribution in [0.5, 0.6) is 0 Å². The summed E-state index contributed by atoms with van der Waals surface area (Å²) >= 11 is 0. The Kier molecular flexibility index (Phi) is 9.57. The average molecular weight is 612 g/mol. The highest BCUT2D eigenvalue weighted by Gasteiger charge is 2.37. The summed E-state index contributed by atoms with van der Waals surface area (Å²) in [5, 5.41) is 9.57. The molecule has 3 aromatic rings. The van der Waals surface area contributed by atoms with Crippen LogP contribution in [0.25, 0.3) is 5.69 Å². The number of anilines is 2. The van der Waals surface area contributed by atoms with Gasteiger partial charge in [-0.1, -0.05) is 52.3 Å². The van der Waals surface area contributed by atoms with Crippen molar-refractivity contribution in [3.8, 4) is 5.69 Å². The van der Waals surface area contributed by atoms with Crippen molar-refractivity contribution < 1.29 is 35.9 Å². The van der Waals surface area contributed by atoms with E-state index in [1.54, 1.807) is 24.6 Å². The van der Waals surface area contributed by atoms with Gasteiger partial charge < -0.3 is 15.5 Å². The van der Waals surface area contributed by atoms with E-state index in [1.807, 2.05) is 52.8 Å². The van der Waals surface area contributed by atoms with Crippen molar-refractivity contribution in [2.45, 2.75) is 66.2 Å². The lowest BCUT2D eigenvalue weighted by Crippen LogP contribution is -2.42. The minimum atomic E-state index is -5.08. The molecule has 0 aliphatic rings. The molecule has 0 aliphatic heterocycles. The van der Waals surface area contributed by atoms with Gasteiger partial charge in [0.15, 0.2) is 0 Å². The van der Waals surface area contributed by atoms with Gasteiger partial charge in [0, 0.05) is 23.7 Å². The zero-order chi connectivity index (χ0) is 32.5. The third kappa shape index (κ3) is 8.74. The van der Waals surface area contributed by atoms with E-state index in [0.29, 0.717) is 23.6 Å². The molecular weight excluding hydrogens is 576 g/mol. The molecule has 3 amide bonds. The van der Waals surface area contributed by atoms with Crippen LogP contribution < -0.4 is 10.6 Å². The van der Waals surface area contributed by atoms with E-state index in [-0.39, 0.29) is 23.9 Å². The first-order valence-corrected chi connectivity index (χ1v) is 13.5. The number of urea groups is 1. The van der Waals surface area contributed by atoms with Gasteiger partial charge in [-0.15, -0.1) is 0 Å². The quantitative estimate of drug-likeness (QED) is 0.266. The van der Waals surface area contributed by atoms with Crippen LogP contribution in [0.2, 0.25) is 0 Å². The van der Waals surface area contributed by atoms with Crippen molar-refractivity contribution >= 4 is 23.4 Å². The van der Waals surface area contributed by atoms with Gasteiger partial charge in [0.25, 0.3) is 0 Å². The Morgan fingerprint density at radius 1 is 0.884 bits per heavy atom. The Morgan fingerprint density at radius 3 is 1.95 bits per heavy atom. The van der Waals surface area contributed by atoms with Crippen molar-refractivity contribution in [1.82, 2.24) is 14.7 Å². The second kappa shape index (κ2) is 12.3. The molecule has 2 N–H and O–H groups in total. The minimum Gasteiger partial charge on any atom is -0.315 e. The molecule has 7 nitrogen and oxygen atoms in total. The van der Waals surface area contributed by atoms with Gasteiger partial charge in [-0.05, 0) is 49.6 Å². The first-order valence-electron chi connectivity index (χ1n) is 13.5. The molecule has 0 fully saturated rings. The van der Waals surface area contributed by atoms with Gasteiger partial charge in [0.05, 0.1) is 22.5 Å². The molecule has 1 aromatic heterocycles. The first-order chi connectivity index (χ1) is 19.6. The van der Waals surface area contributed by atoms with Crippen LogP contribution in [-0.2, 0) is 22.6 Å². The summed E-state index contributed by atoms with van der Waals surface area (Å²) in [6.45, 7) is 12.7. The SMILES string of the molecule is Cc1ccc(-n2nc(C(C)(C)C)cc2NC(=O)CN(CC(C)C)C(=O)Nc2cc(C(F)(F)F)cc(C(F)(F)F)c2)c(C)c1. The molecule has 13 heteroatoms. The third-order valence-electron chi connectivity index (χ3n) is 6.37. The van der Waals surface area contributed by atoms with Crippen molar-refractivity contribution in [3.05, 3.63) is 70.4 Å². The molecule has 43 heavy (non-hydrogen) atoms. The number of nitrogens with zero attached hydrogens (tertiary/aromatic N) is 3. The molecule has 3 rings (SSSR count). The van der Waals surface area contributed by atoms with Gasteiger partial charge in [-0.25, -0.2) is 9.48 Å². The molecule has 0 unspecified atom stereocenters. The van der Waals surface area contributed by atoms with Gasteiger partial charge in [0.1, 0.15) is 12.4 Å². The maximum atomic E-state index is 13.3. The van der Waals surface area contributed by atoms with Crippen molar-refractivity contribution in [3.63, 3.8) is 0 Å². The van der Waals surface area contributed by atoms with E-state index in [0.717, 1.165) is 21.7 Å². The number of aromatic nitrogens is 2. The maximum absolute atomic E-state index is 13.3. The summed E-state index contributed by atoms with van der Waals surface area (Å²) in [4.78, 5) is 27.4. The standard InChI is InChI=1S/C30H35F6N5O2/c1-17(2)15-40(27(43)37-22-12-20(29(31,32)33)11-21(13-22)30(34,35)36)16-26(42)38-25-14-24(28(5,6)7)39-41(25)23-9-8-18(3)10-19(23)4/h8-14,17H,15-16H2,1-7H3,(H,37,43)(H,38,42). The topological polar surface area (TPSA) is 79.3 Å². The lowest BCUT2D eigenvalue weighted by atomic mass is 9.92. The molecule has 0 radical (unpaired) electrons. The Morgan fingerprint density at radius 2 is 1.47 bits per heavy atom. The van der Waals surface area contributed by atoms with E-state index in [9.17, 15) is 35.9 Å². The number of hydrogen-bond acceptors (Lipinski definition) is 3. The smallest absolute Gasteiger partial charge is 0.315 e. The molecule has 0 saturated heterocycles. The first kappa shape index (κ1) is 33.5. The molecule has 0 spiro atoms. The fraction of sp³-hybridized carbons (Fsp3) is 0.433. The van der Waals surface area contributed by atoms with Crippen LogP contribution in [0.15, 0.2) is 42.5 Å². The van der Waals surface area contributed by atoms with E-state index in [2.05, 4.69) is 10.6 Å². The number of carbonyl (C=O) groups is 2. The number of carbonyl (C=O) groups excluding carboxylic acids is 2. The Labute approximate surface area is 246 Å². The highest BCUT2D eigenvalue weighted by Crippen LogP contribution is 2.37. The van der Waals surface area contributed by atoms with E-state index in [4.69, 9.17) is 5.10 Å². The molecule has 0 aliphatic carbocycles. The second-order valence-corrected chi connectivity index (χ2v) is 11.9. The summed E-state index contributed by atoms with van der Waals surface area (Å²) in [7, 11) is 0. The molecule has 1 heterocycles. The summed E-state index contributed by atoms with van der Waals surface area (Å²) < 4.78 is 81.4. The lowest BCUT2D eigenvalue weighted by Gasteiger charge is -2.25. The number of alkyl halides is 6. The fourth-order valence-corrected chi connectivity index (χ4v) is 4.31. The summed E-state index contributed by atoms with van der Waals surface area (Å²) in [5.41, 5.74) is -0.868. The normalized spacial score (nSPS) is 12.4. The number of hydrogen-bond donors (Lipinski definition) is 2. The van der Waals surface area contributed by atoms with Crippen LogP contribution in [0.3, 0.4) is 0 Å². The number of aryl methyl sites for hydroxylation is 2. The monoisotopic (exact) mass is 611 g/mol. The lowest BCUT2D eigenvalue weighted by molar-refractivity contribution is -0.143. The van der Waals surface area contributed by atoms with E-state index in [1.165, 1.54) is 0 Å². The Bertz CT molecular complexity index is 1450. The van der Waals surface area contributed by atoms with Crippen molar-refractivity contribution in [1.29, 1.82) is 0 Å². The molecule has 234 valence electrons. The molecule has 0 bridgehead atoms. The number of nitrogens with one attached hydrogen (secondary N) is 2. The van der Waals surface area contributed by atoms with Crippen LogP contribution in [-0.4, -0.2) is 39.7 Å². The maximum Gasteiger partial charge on any atom is 0.416 e. The van der Waals surface area contributed by atoms with Crippen molar-refractivity contribution in [2.75, 3.05) is 23.7 Å². The van der Waals surface area contributed by atoms with E-state index >= 15 is 0 Å². The largest absolute Gasteiger partial charge is 0.416 e. The predicted octanol–water partition coefficient (Wildman–Crippen LogP) is 7.95. The summed E-state index contributed by atoms with van der Waals surface area (Å²) in [6, 6.07) is 7.21. The Balaban J connectivity index is 1.91.